The Hall–Kier alpha value is -1.61. The summed E-state index contributed by atoms with van der Waals surface area (Å²) in [6.07, 6.45) is 1.70. The van der Waals surface area contributed by atoms with Crippen molar-refractivity contribution in [2.75, 3.05) is 0 Å². The Kier molecular flexibility index (Phi) is 2.08. The third-order valence-electron chi connectivity index (χ3n) is 2.51. The summed E-state index contributed by atoms with van der Waals surface area (Å²) in [7, 11) is 5.73. The average Bonchev–Trinajstić information content (AvgIpc) is 2.31. The number of pyridine rings is 2. The molecule has 0 amide bonds. The molecular weight excluding hydrogens is 218 g/mol. The molecule has 0 unspecified atom stereocenters. The Labute approximate surface area is 98.7 Å². The summed E-state index contributed by atoms with van der Waals surface area (Å²) >= 11 is 6.31. The number of hydrogen-bond acceptors (Lipinski definition) is 2. The number of rotatable bonds is 0. The number of halogens is 1. The second-order valence-electron chi connectivity index (χ2n) is 3.58. The summed E-state index contributed by atoms with van der Waals surface area (Å²) in [5.74, 6) is 0. The maximum absolute atomic E-state index is 6.31. The first kappa shape index (κ1) is 9.61. The summed E-state index contributed by atoms with van der Waals surface area (Å²) < 4.78 is 0. The molecule has 2 nitrogen and oxygen atoms in total. The Balaban J connectivity index is 2.56. The Morgan fingerprint density at radius 3 is 2.88 bits per heavy atom. The number of hydrogen-bond donors (Lipinski definition) is 0. The van der Waals surface area contributed by atoms with Crippen LogP contribution >= 0.6 is 11.6 Å². The lowest BCUT2D eigenvalue weighted by molar-refractivity contribution is 1.33. The molecule has 0 bridgehead atoms. The van der Waals surface area contributed by atoms with Crippen LogP contribution in [0.25, 0.3) is 21.9 Å². The van der Waals surface area contributed by atoms with Gasteiger partial charge in [-0.3, -0.25) is 0 Å². The quantitative estimate of drug-likeness (QED) is 0.432. The van der Waals surface area contributed by atoms with E-state index in [4.69, 9.17) is 19.4 Å². The molecule has 4 heteroatoms. The van der Waals surface area contributed by atoms with E-state index in [2.05, 4.69) is 9.97 Å². The van der Waals surface area contributed by atoms with Gasteiger partial charge < -0.3 is 0 Å². The molecule has 0 aliphatic rings. The minimum absolute atomic E-state index is 0.653. The van der Waals surface area contributed by atoms with Crippen molar-refractivity contribution < 1.29 is 0 Å². The zero-order valence-corrected chi connectivity index (χ0v) is 9.07. The van der Waals surface area contributed by atoms with Gasteiger partial charge in [-0.15, -0.1) is 0 Å². The molecule has 0 fully saturated rings. The molecule has 16 heavy (non-hydrogen) atoms. The van der Waals surface area contributed by atoms with Crippen LogP contribution in [0.3, 0.4) is 0 Å². The average molecular weight is 224 g/mol. The van der Waals surface area contributed by atoms with Crippen LogP contribution in [-0.2, 0) is 0 Å². The number of aromatic nitrogens is 2. The summed E-state index contributed by atoms with van der Waals surface area (Å²) in [6, 6.07) is 9.23. The van der Waals surface area contributed by atoms with Crippen molar-refractivity contribution in [3.05, 3.63) is 41.6 Å². The van der Waals surface area contributed by atoms with Gasteiger partial charge in [0.15, 0.2) is 5.65 Å². The predicted octanol–water partition coefficient (Wildman–Crippen LogP) is 2.23. The van der Waals surface area contributed by atoms with Gasteiger partial charge in [0.05, 0.1) is 10.5 Å². The van der Waals surface area contributed by atoms with E-state index >= 15 is 0 Å². The molecule has 0 aliphatic heterocycles. The fraction of sp³-hybridized carbons (Fsp3) is 0. The van der Waals surface area contributed by atoms with Crippen molar-refractivity contribution in [2.45, 2.75) is 0 Å². The van der Waals surface area contributed by atoms with Crippen LogP contribution < -0.4 is 5.46 Å². The highest BCUT2D eigenvalue weighted by Crippen LogP contribution is 2.28. The van der Waals surface area contributed by atoms with Crippen LogP contribution in [-0.4, -0.2) is 17.8 Å². The van der Waals surface area contributed by atoms with E-state index in [9.17, 15) is 0 Å². The molecular formula is C12H6BClN2. The number of fused-ring (bicyclic) bond motifs is 2. The molecule has 0 N–H and O–H groups in total. The highest BCUT2D eigenvalue weighted by Gasteiger charge is 2.07. The molecule has 1 aromatic carbocycles. The Bertz CT molecular complexity index is 697. The van der Waals surface area contributed by atoms with Gasteiger partial charge in [-0.25, -0.2) is 9.97 Å². The van der Waals surface area contributed by atoms with Crippen LogP contribution in [0.4, 0.5) is 0 Å². The fourth-order valence-corrected chi connectivity index (χ4v) is 2.04. The van der Waals surface area contributed by atoms with Crippen LogP contribution in [0.5, 0.6) is 0 Å². The van der Waals surface area contributed by atoms with Crippen molar-refractivity contribution in [3.8, 4) is 0 Å². The van der Waals surface area contributed by atoms with Gasteiger partial charge in [0.1, 0.15) is 7.85 Å². The lowest BCUT2D eigenvalue weighted by Gasteiger charge is -2.05. The third-order valence-corrected chi connectivity index (χ3v) is 2.91. The standard InChI is InChI=1S/C12H6BClN2/c13-7-3-4-10-9(6-7)11(14)8-2-1-5-15-12(8)16-10/h1-6H. The van der Waals surface area contributed by atoms with Gasteiger partial charge in [-0.1, -0.05) is 29.2 Å². The van der Waals surface area contributed by atoms with Crippen molar-refractivity contribution in [1.29, 1.82) is 0 Å². The first-order chi connectivity index (χ1) is 7.75. The van der Waals surface area contributed by atoms with Crippen molar-refractivity contribution in [3.63, 3.8) is 0 Å². The van der Waals surface area contributed by atoms with Gasteiger partial charge in [0, 0.05) is 17.0 Å². The molecule has 3 rings (SSSR count). The molecule has 2 aromatic heterocycles. The minimum atomic E-state index is 0.653. The first-order valence-electron chi connectivity index (χ1n) is 4.85. The number of benzene rings is 1. The summed E-state index contributed by atoms with van der Waals surface area (Å²) in [6.45, 7) is 0. The zero-order valence-electron chi connectivity index (χ0n) is 8.31. The van der Waals surface area contributed by atoms with Crippen molar-refractivity contribution in [2.24, 2.45) is 0 Å². The van der Waals surface area contributed by atoms with E-state index in [0.717, 1.165) is 16.3 Å². The fourth-order valence-electron chi connectivity index (χ4n) is 1.74. The smallest absolute Gasteiger partial charge is 0.161 e. The lowest BCUT2D eigenvalue weighted by Crippen LogP contribution is -2.01. The Morgan fingerprint density at radius 1 is 1.12 bits per heavy atom. The van der Waals surface area contributed by atoms with Gasteiger partial charge in [-0.05, 0) is 18.2 Å². The van der Waals surface area contributed by atoms with Crippen LogP contribution in [0.2, 0.25) is 5.02 Å². The second kappa shape index (κ2) is 3.46. The zero-order chi connectivity index (χ0) is 11.1. The molecule has 0 aliphatic carbocycles. The molecule has 74 valence electrons. The molecule has 0 saturated heterocycles. The summed E-state index contributed by atoms with van der Waals surface area (Å²) in [5, 5.41) is 2.37. The third kappa shape index (κ3) is 1.36. The molecule has 2 radical (unpaired) electrons. The Morgan fingerprint density at radius 2 is 2.00 bits per heavy atom. The van der Waals surface area contributed by atoms with Gasteiger partial charge >= 0.3 is 0 Å². The largest absolute Gasteiger partial charge is 0.237 e. The van der Waals surface area contributed by atoms with E-state index in [0.29, 0.717) is 16.1 Å². The van der Waals surface area contributed by atoms with E-state index in [1.807, 2.05) is 24.3 Å². The molecule has 0 atom stereocenters. The summed E-state index contributed by atoms with van der Waals surface area (Å²) in [5.41, 5.74) is 2.15. The second-order valence-corrected chi connectivity index (χ2v) is 3.95. The molecule has 2 heterocycles. The van der Waals surface area contributed by atoms with Crippen LogP contribution in [0, 0.1) is 0 Å². The maximum atomic E-state index is 6.31. The maximum Gasteiger partial charge on any atom is 0.161 e. The molecule has 0 spiro atoms. The molecule has 3 aromatic rings. The lowest BCUT2D eigenvalue weighted by atomic mass is 9.94. The van der Waals surface area contributed by atoms with Crippen molar-refractivity contribution in [1.82, 2.24) is 9.97 Å². The first-order valence-corrected chi connectivity index (χ1v) is 5.23. The minimum Gasteiger partial charge on any atom is -0.237 e. The van der Waals surface area contributed by atoms with Gasteiger partial charge in [0.25, 0.3) is 0 Å². The van der Waals surface area contributed by atoms with Crippen molar-refractivity contribution >= 4 is 46.8 Å². The van der Waals surface area contributed by atoms with E-state index in [1.165, 1.54) is 0 Å². The predicted molar refractivity (Wildman–Crippen MR) is 67.4 cm³/mol. The highest BCUT2D eigenvalue weighted by atomic mass is 35.5. The van der Waals surface area contributed by atoms with Gasteiger partial charge in [0.2, 0.25) is 0 Å². The summed E-state index contributed by atoms with van der Waals surface area (Å²) in [4.78, 5) is 8.62. The van der Waals surface area contributed by atoms with E-state index in [-0.39, 0.29) is 0 Å². The van der Waals surface area contributed by atoms with Crippen LogP contribution in [0.15, 0.2) is 36.5 Å². The SMILES string of the molecule is [B]c1ccc2nc3ncccc3c(Cl)c2c1. The van der Waals surface area contributed by atoms with E-state index < -0.39 is 0 Å². The highest BCUT2D eigenvalue weighted by molar-refractivity contribution is 6.41. The molecule has 0 saturated carbocycles. The monoisotopic (exact) mass is 224 g/mol. The normalized spacial score (nSPS) is 11.1. The van der Waals surface area contributed by atoms with Gasteiger partial charge in [-0.2, -0.15) is 0 Å². The topological polar surface area (TPSA) is 25.8 Å². The number of nitrogens with zero attached hydrogens (tertiary/aromatic N) is 2. The van der Waals surface area contributed by atoms with Crippen LogP contribution in [0.1, 0.15) is 0 Å². The van der Waals surface area contributed by atoms with E-state index in [1.54, 1.807) is 12.3 Å².